The highest BCUT2D eigenvalue weighted by atomic mass is 32.2. The molecule has 4 nitrogen and oxygen atoms in total. The van der Waals surface area contributed by atoms with Crippen LogP contribution in [0.3, 0.4) is 0 Å². The van der Waals surface area contributed by atoms with E-state index in [1.165, 1.54) is 16.7 Å². The Labute approximate surface area is 143 Å². The van der Waals surface area contributed by atoms with Crippen molar-refractivity contribution in [2.24, 2.45) is 0 Å². The zero-order valence-electron chi connectivity index (χ0n) is 12.4. The van der Waals surface area contributed by atoms with E-state index in [2.05, 4.69) is 0 Å². The summed E-state index contributed by atoms with van der Waals surface area (Å²) in [6.07, 6.45) is 1.82. The lowest BCUT2D eigenvalue weighted by Gasteiger charge is -2.14. The molecule has 116 valence electrons. The summed E-state index contributed by atoms with van der Waals surface area (Å²) in [5, 5.41) is 0. The fraction of sp³-hybridized carbons (Fsp3) is 0.0588. The van der Waals surface area contributed by atoms with Gasteiger partial charge in [0.05, 0.1) is 17.7 Å². The Morgan fingerprint density at radius 3 is 2.65 bits per heavy atom. The number of anilines is 2. The maximum atomic E-state index is 12.6. The van der Waals surface area contributed by atoms with Crippen molar-refractivity contribution in [3.8, 4) is 5.75 Å². The van der Waals surface area contributed by atoms with E-state index in [1.54, 1.807) is 31.4 Å². The number of hydrogen-bond acceptors (Lipinski definition) is 5. The Balaban J connectivity index is 1.91. The maximum absolute atomic E-state index is 12.6. The predicted molar refractivity (Wildman–Crippen MR) is 99.5 cm³/mol. The summed E-state index contributed by atoms with van der Waals surface area (Å²) in [4.78, 5) is 14.7. The van der Waals surface area contributed by atoms with E-state index in [9.17, 15) is 4.79 Å². The first-order chi connectivity index (χ1) is 11.1. The summed E-state index contributed by atoms with van der Waals surface area (Å²) >= 11 is 6.63. The first-order valence-corrected chi connectivity index (χ1v) is 8.08. The Morgan fingerprint density at radius 2 is 1.96 bits per heavy atom. The summed E-state index contributed by atoms with van der Waals surface area (Å²) in [6.45, 7) is 0. The second kappa shape index (κ2) is 6.44. The molecule has 2 aromatic rings. The number of thioether (sulfide) groups is 1. The molecule has 23 heavy (non-hydrogen) atoms. The van der Waals surface area contributed by atoms with Gasteiger partial charge >= 0.3 is 0 Å². The number of carbonyl (C=O) groups excluding carboxylic acids is 1. The Bertz CT molecular complexity index is 800. The number of nitrogens with zero attached hydrogens (tertiary/aromatic N) is 1. The van der Waals surface area contributed by atoms with Gasteiger partial charge in [0.2, 0.25) is 0 Å². The van der Waals surface area contributed by atoms with Gasteiger partial charge in [0.15, 0.2) is 4.32 Å². The molecule has 2 N–H and O–H groups in total. The van der Waals surface area contributed by atoms with Gasteiger partial charge in [0, 0.05) is 5.69 Å². The number of amides is 1. The number of rotatable bonds is 3. The monoisotopic (exact) mass is 342 g/mol. The summed E-state index contributed by atoms with van der Waals surface area (Å²) in [6, 6.07) is 14.6. The highest BCUT2D eigenvalue weighted by Crippen LogP contribution is 2.36. The van der Waals surface area contributed by atoms with Gasteiger partial charge in [-0.05, 0) is 48.0 Å². The minimum atomic E-state index is -0.132. The van der Waals surface area contributed by atoms with Gasteiger partial charge in [0.25, 0.3) is 5.91 Å². The molecular weight excluding hydrogens is 328 g/mol. The van der Waals surface area contributed by atoms with E-state index in [0.717, 1.165) is 17.0 Å². The van der Waals surface area contributed by atoms with E-state index in [0.29, 0.717) is 14.9 Å². The van der Waals surface area contributed by atoms with Gasteiger partial charge in [0.1, 0.15) is 5.75 Å². The fourth-order valence-corrected chi connectivity index (χ4v) is 3.50. The molecule has 0 unspecified atom stereocenters. The molecule has 0 aliphatic carbocycles. The average molecular weight is 342 g/mol. The minimum Gasteiger partial charge on any atom is -0.497 e. The minimum absolute atomic E-state index is 0.132. The van der Waals surface area contributed by atoms with Crippen molar-refractivity contribution in [1.82, 2.24) is 0 Å². The molecule has 1 aliphatic heterocycles. The van der Waals surface area contributed by atoms with E-state index in [1.807, 2.05) is 30.3 Å². The molecule has 0 radical (unpaired) electrons. The third-order valence-corrected chi connectivity index (χ3v) is 4.64. The molecule has 0 bridgehead atoms. The van der Waals surface area contributed by atoms with E-state index in [-0.39, 0.29) is 5.91 Å². The Morgan fingerprint density at radius 1 is 1.22 bits per heavy atom. The highest BCUT2D eigenvalue weighted by Gasteiger charge is 2.33. The lowest BCUT2D eigenvalue weighted by molar-refractivity contribution is -0.113. The van der Waals surface area contributed by atoms with Gasteiger partial charge < -0.3 is 10.5 Å². The van der Waals surface area contributed by atoms with Crippen molar-refractivity contribution < 1.29 is 9.53 Å². The van der Waals surface area contributed by atoms with Gasteiger partial charge in [-0.2, -0.15) is 0 Å². The predicted octanol–water partition coefficient (Wildman–Crippen LogP) is 3.68. The third-order valence-electron chi connectivity index (χ3n) is 3.34. The quantitative estimate of drug-likeness (QED) is 0.524. The molecule has 3 rings (SSSR count). The number of nitrogen functional groups attached to an aromatic ring is 1. The molecule has 1 heterocycles. The maximum Gasteiger partial charge on any atom is 0.270 e. The first-order valence-electron chi connectivity index (χ1n) is 6.86. The van der Waals surface area contributed by atoms with Gasteiger partial charge in [-0.1, -0.05) is 36.1 Å². The molecular formula is C17H14N2O2S2. The van der Waals surface area contributed by atoms with E-state index in [4.69, 9.17) is 22.7 Å². The molecule has 0 spiro atoms. The van der Waals surface area contributed by atoms with Gasteiger partial charge in [-0.3, -0.25) is 9.69 Å². The molecule has 6 heteroatoms. The van der Waals surface area contributed by atoms with Gasteiger partial charge in [-0.25, -0.2) is 0 Å². The summed E-state index contributed by atoms with van der Waals surface area (Å²) in [5.74, 6) is 0.611. The lowest BCUT2D eigenvalue weighted by atomic mass is 10.2. The molecule has 0 aromatic heterocycles. The number of benzene rings is 2. The number of carbonyl (C=O) groups is 1. The Kier molecular flexibility index (Phi) is 4.36. The SMILES string of the molecule is COc1cccc(/C=C2/SC(=S)N(c3ccc(N)cc3)C2=O)c1. The van der Waals surface area contributed by atoms with E-state index < -0.39 is 0 Å². The van der Waals surface area contributed by atoms with Crippen LogP contribution in [0, 0.1) is 0 Å². The van der Waals surface area contributed by atoms with E-state index >= 15 is 0 Å². The third kappa shape index (κ3) is 3.23. The topological polar surface area (TPSA) is 55.6 Å². The number of ether oxygens (including phenoxy) is 1. The summed E-state index contributed by atoms with van der Waals surface area (Å²) < 4.78 is 5.71. The van der Waals surface area contributed by atoms with Crippen molar-refractivity contribution in [2.75, 3.05) is 17.7 Å². The zero-order chi connectivity index (χ0) is 16.4. The van der Waals surface area contributed by atoms with Crippen LogP contribution in [0.2, 0.25) is 0 Å². The Hall–Kier alpha value is -2.31. The van der Waals surface area contributed by atoms with Crippen LogP contribution in [0.5, 0.6) is 5.75 Å². The molecule has 2 aromatic carbocycles. The molecule has 1 aliphatic rings. The van der Waals surface area contributed by atoms with Crippen LogP contribution in [0.1, 0.15) is 5.56 Å². The molecule has 1 amide bonds. The normalized spacial score (nSPS) is 16.2. The molecule has 0 saturated carbocycles. The number of nitrogens with two attached hydrogens (primary N) is 1. The van der Waals surface area contributed by atoms with Crippen LogP contribution < -0.4 is 15.4 Å². The average Bonchev–Trinajstić information content (AvgIpc) is 2.83. The fourth-order valence-electron chi connectivity index (χ4n) is 2.20. The second-order valence-electron chi connectivity index (χ2n) is 4.89. The molecule has 1 saturated heterocycles. The first kappa shape index (κ1) is 15.6. The van der Waals surface area contributed by atoms with Crippen LogP contribution in [-0.2, 0) is 4.79 Å². The summed E-state index contributed by atoms with van der Waals surface area (Å²) in [7, 11) is 1.61. The van der Waals surface area contributed by atoms with Crippen molar-refractivity contribution >= 4 is 51.7 Å². The largest absolute Gasteiger partial charge is 0.497 e. The van der Waals surface area contributed by atoms with Crippen molar-refractivity contribution in [1.29, 1.82) is 0 Å². The van der Waals surface area contributed by atoms with Crippen molar-refractivity contribution in [3.63, 3.8) is 0 Å². The van der Waals surface area contributed by atoms with Crippen molar-refractivity contribution in [3.05, 3.63) is 59.0 Å². The molecule has 0 atom stereocenters. The van der Waals surface area contributed by atoms with Crippen LogP contribution >= 0.6 is 24.0 Å². The lowest BCUT2D eigenvalue weighted by Crippen LogP contribution is -2.27. The highest BCUT2D eigenvalue weighted by molar-refractivity contribution is 8.27. The number of thiocarbonyl (C=S) groups is 1. The molecule has 1 fully saturated rings. The number of hydrogen-bond donors (Lipinski definition) is 1. The zero-order valence-corrected chi connectivity index (χ0v) is 14.0. The summed E-state index contributed by atoms with van der Waals surface area (Å²) in [5.41, 5.74) is 7.94. The van der Waals surface area contributed by atoms with Crippen LogP contribution in [0.4, 0.5) is 11.4 Å². The van der Waals surface area contributed by atoms with Crippen LogP contribution in [-0.4, -0.2) is 17.3 Å². The smallest absolute Gasteiger partial charge is 0.270 e. The van der Waals surface area contributed by atoms with Crippen LogP contribution in [0.15, 0.2) is 53.4 Å². The number of methoxy groups -OCH3 is 1. The van der Waals surface area contributed by atoms with Crippen LogP contribution in [0.25, 0.3) is 6.08 Å². The second-order valence-corrected chi connectivity index (χ2v) is 6.56. The van der Waals surface area contributed by atoms with Crippen molar-refractivity contribution in [2.45, 2.75) is 0 Å². The van der Waals surface area contributed by atoms with Gasteiger partial charge in [-0.15, -0.1) is 0 Å². The standard InChI is InChI=1S/C17H14N2O2S2/c1-21-14-4-2-3-11(9-14)10-15-16(20)19(17(22)23-15)13-7-5-12(18)6-8-13/h2-10H,18H2,1H3/b15-10+.